The third-order valence-electron chi connectivity index (χ3n) is 5.15. The summed E-state index contributed by atoms with van der Waals surface area (Å²) in [6, 6.07) is 4.17. The average molecular weight is 444 g/mol. The van der Waals surface area contributed by atoms with Gasteiger partial charge in [-0.1, -0.05) is 0 Å². The number of amides is 1. The van der Waals surface area contributed by atoms with Gasteiger partial charge in [0.05, 0.1) is 25.0 Å². The Morgan fingerprint density at radius 2 is 2.13 bits per heavy atom. The Morgan fingerprint density at radius 1 is 1.39 bits per heavy atom. The van der Waals surface area contributed by atoms with Crippen LogP contribution in [0.25, 0.3) is 0 Å². The van der Waals surface area contributed by atoms with Crippen molar-refractivity contribution in [3.63, 3.8) is 0 Å². The lowest BCUT2D eigenvalue weighted by Crippen LogP contribution is -2.48. The van der Waals surface area contributed by atoms with Crippen LogP contribution in [0.4, 0.5) is 13.2 Å². The number of carboxylic acids is 1. The molecule has 0 bridgehead atoms. The Labute approximate surface area is 175 Å². The number of aromatic nitrogens is 2. The van der Waals surface area contributed by atoms with E-state index in [0.717, 1.165) is 38.3 Å². The number of furan rings is 1. The van der Waals surface area contributed by atoms with Gasteiger partial charge in [-0.15, -0.1) is 0 Å². The molecule has 0 saturated carbocycles. The van der Waals surface area contributed by atoms with Crippen LogP contribution >= 0.6 is 0 Å². The number of ether oxygens (including phenoxy) is 1. The van der Waals surface area contributed by atoms with Gasteiger partial charge in [-0.05, 0) is 25.0 Å². The van der Waals surface area contributed by atoms with Gasteiger partial charge in [0.2, 0.25) is 0 Å². The number of aliphatic carboxylic acids is 1. The number of carboxylic acid groups (broad SMARTS) is 1. The first kappa shape index (κ1) is 22.8. The molecule has 0 radical (unpaired) electrons. The number of hydrogen-bond acceptors (Lipinski definition) is 6. The van der Waals surface area contributed by atoms with Gasteiger partial charge in [0.1, 0.15) is 5.76 Å². The predicted octanol–water partition coefficient (Wildman–Crippen LogP) is 1.81. The van der Waals surface area contributed by atoms with Gasteiger partial charge >= 0.3 is 12.1 Å². The number of alkyl halides is 3. The van der Waals surface area contributed by atoms with Crippen LogP contribution in [-0.4, -0.2) is 68.9 Å². The number of carbonyl (C=O) groups excluding carboxylic acids is 1. The molecular formula is C19H23F3N4O5. The Morgan fingerprint density at radius 3 is 2.71 bits per heavy atom. The summed E-state index contributed by atoms with van der Waals surface area (Å²) in [5.41, 5.74) is 0. The molecule has 0 aliphatic carbocycles. The largest absolute Gasteiger partial charge is 0.490 e. The van der Waals surface area contributed by atoms with E-state index in [1.54, 1.807) is 23.2 Å². The summed E-state index contributed by atoms with van der Waals surface area (Å²) in [4.78, 5) is 27.9. The van der Waals surface area contributed by atoms with Crippen LogP contribution in [-0.2, 0) is 23.1 Å². The molecule has 0 aromatic carbocycles. The number of carbonyl (C=O) groups is 2. The number of imidazole rings is 1. The number of rotatable bonds is 4. The topological polar surface area (TPSA) is 110 Å². The van der Waals surface area contributed by atoms with Crippen molar-refractivity contribution in [1.82, 2.24) is 19.8 Å². The first-order valence-electron chi connectivity index (χ1n) is 9.63. The number of fused-ring (bicyclic) bond motifs is 1. The Hall–Kier alpha value is -2.86. The van der Waals surface area contributed by atoms with Crippen molar-refractivity contribution in [3.05, 3.63) is 42.4 Å². The van der Waals surface area contributed by atoms with Crippen molar-refractivity contribution in [3.8, 4) is 0 Å². The molecule has 3 atom stereocenters. The number of likely N-dealkylation sites (tertiary alicyclic amines) is 1. The summed E-state index contributed by atoms with van der Waals surface area (Å²) in [5, 5.41) is 10.2. The lowest BCUT2D eigenvalue weighted by Gasteiger charge is -2.32. The van der Waals surface area contributed by atoms with Gasteiger partial charge in [0, 0.05) is 38.6 Å². The highest BCUT2D eigenvalue weighted by Crippen LogP contribution is 2.30. The summed E-state index contributed by atoms with van der Waals surface area (Å²) in [6.45, 7) is 2.25. The van der Waals surface area contributed by atoms with Crippen molar-refractivity contribution in [2.24, 2.45) is 7.05 Å². The molecule has 9 nitrogen and oxygen atoms in total. The van der Waals surface area contributed by atoms with E-state index >= 15 is 0 Å². The minimum Gasteiger partial charge on any atom is -0.475 e. The zero-order valence-corrected chi connectivity index (χ0v) is 16.7. The lowest BCUT2D eigenvalue weighted by molar-refractivity contribution is -0.192. The second kappa shape index (κ2) is 9.52. The zero-order chi connectivity index (χ0) is 22.6. The summed E-state index contributed by atoms with van der Waals surface area (Å²) in [5.74, 6) is -1.55. The van der Waals surface area contributed by atoms with Crippen molar-refractivity contribution in [1.29, 1.82) is 0 Å². The van der Waals surface area contributed by atoms with Crippen molar-refractivity contribution in [2.75, 3.05) is 13.2 Å². The zero-order valence-electron chi connectivity index (χ0n) is 16.7. The molecule has 2 aromatic rings. The van der Waals surface area contributed by atoms with Crippen LogP contribution in [0.5, 0.6) is 0 Å². The van der Waals surface area contributed by atoms with E-state index in [-0.39, 0.29) is 18.1 Å². The molecule has 4 rings (SSSR count). The molecule has 2 aliphatic heterocycles. The second-order valence-corrected chi connectivity index (χ2v) is 7.30. The van der Waals surface area contributed by atoms with Gasteiger partial charge in [-0.2, -0.15) is 13.2 Å². The van der Waals surface area contributed by atoms with Crippen LogP contribution in [0.1, 0.15) is 29.2 Å². The SMILES string of the molecule is Cn1ccnc1C(=O)N[C@@H]1CN(Cc2ccco2)[C@@H]2CCCO[C@@H]21.O=C(O)C(F)(F)F. The Kier molecular flexibility index (Phi) is 7.01. The maximum Gasteiger partial charge on any atom is 0.490 e. The van der Waals surface area contributed by atoms with Gasteiger partial charge in [-0.3, -0.25) is 9.69 Å². The van der Waals surface area contributed by atoms with Crippen LogP contribution < -0.4 is 5.32 Å². The highest BCUT2D eigenvalue weighted by atomic mass is 19.4. The molecule has 2 aromatic heterocycles. The summed E-state index contributed by atoms with van der Waals surface area (Å²) in [6.07, 6.45) is 2.17. The molecule has 4 heterocycles. The van der Waals surface area contributed by atoms with Crippen LogP contribution in [0, 0.1) is 0 Å². The van der Waals surface area contributed by atoms with Gasteiger partial charge in [-0.25, -0.2) is 9.78 Å². The van der Waals surface area contributed by atoms with Crippen molar-refractivity contribution >= 4 is 11.9 Å². The fraction of sp³-hybridized carbons (Fsp3) is 0.526. The number of nitrogens with zero attached hydrogens (tertiary/aromatic N) is 3. The molecule has 2 N–H and O–H groups in total. The van der Waals surface area contributed by atoms with Crippen molar-refractivity contribution < 1.29 is 37.0 Å². The molecule has 0 spiro atoms. The van der Waals surface area contributed by atoms with Crippen molar-refractivity contribution in [2.45, 2.75) is 43.8 Å². The summed E-state index contributed by atoms with van der Waals surface area (Å²) < 4.78 is 44.9. The monoisotopic (exact) mass is 444 g/mol. The third-order valence-corrected chi connectivity index (χ3v) is 5.15. The smallest absolute Gasteiger partial charge is 0.475 e. The maximum atomic E-state index is 12.5. The first-order chi connectivity index (χ1) is 14.7. The van der Waals surface area contributed by atoms with E-state index in [1.807, 2.05) is 19.2 Å². The highest BCUT2D eigenvalue weighted by molar-refractivity contribution is 5.91. The summed E-state index contributed by atoms with van der Waals surface area (Å²) in [7, 11) is 1.82. The predicted molar refractivity (Wildman–Crippen MR) is 100 cm³/mol. The second-order valence-electron chi connectivity index (χ2n) is 7.30. The Bertz CT molecular complexity index is 883. The number of halogens is 3. The standard InChI is InChI=1S/C17H22N4O3.C2HF3O2/c1-20-7-6-18-16(20)17(22)19-13-11-21(10-12-4-2-8-23-12)14-5-3-9-24-15(13)14;3-2(4,5)1(6)7/h2,4,6-8,13-15H,3,5,9-11H2,1H3,(H,19,22);(H,6,7)/t13-,14-,15-;/m1./s1. The Balaban J connectivity index is 0.000000339. The highest BCUT2D eigenvalue weighted by Gasteiger charge is 2.45. The minimum atomic E-state index is -5.08. The van der Waals surface area contributed by atoms with E-state index in [9.17, 15) is 18.0 Å². The fourth-order valence-electron chi connectivity index (χ4n) is 3.78. The number of nitrogens with one attached hydrogen (secondary N) is 1. The molecule has 2 fully saturated rings. The van der Waals surface area contributed by atoms with Crippen LogP contribution in [0.2, 0.25) is 0 Å². The summed E-state index contributed by atoms with van der Waals surface area (Å²) >= 11 is 0. The van der Waals surface area contributed by atoms with E-state index in [4.69, 9.17) is 19.1 Å². The maximum absolute atomic E-state index is 12.5. The molecule has 2 saturated heterocycles. The first-order valence-corrected chi connectivity index (χ1v) is 9.63. The number of aryl methyl sites for hydroxylation is 1. The molecular weight excluding hydrogens is 421 g/mol. The lowest BCUT2D eigenvalue weighted by atomic mass is 10.0. The molecule has 170 valence electrons. The van der Waals surface area contributed by atoms with Gasteiger partial charge < -0.3 is 24.1 Å². The normalized spacial score (nSPS) is 23.5. The van der Waals surface area contributed by atoms with Gasteiger partial charge in [0.25, 0.3) is 5.91 Å². The molecule has 0 unspecified atom stereocenters. The van der Waals surface area contributed by atoms with E-state index in [1.165, 1.54) is 0 Å². The minimum absolute atomic E-state index is 0.0259. The average Bonchev–Trinajstić information content (AvgIpc) is 3.44. The van der Waals surface area contributed by atoms with E-state index in [0.29, 0.717) is 11.9 Å². The molecule has 2 aliphatic rings. The van der Waals surface area contributed by atoms with Crippen LogP contribution in [0.15, 0.2) is 35.2 Å². The third kappa shape index (κ3) is 5.64. The molecule has 31 heavy (non-hydrogen) atoms. The molecule has 1 amide bonds. The van der Waals surface area contributed by atoms with Gasteiger partial charge in [0.15, 0.2) is 5.82 Å². The quantitative estimate of drug-likeness (QED) is 0.740. The van der Waals surface area contributed by atoms with E-state index in [2.05, 4.69) is 15.2 Å². The van der Waals surface area contributed by atoms with E-state index < -0.39 is 12.1 Å². The molecule has 12 heteroatoms. The van der Waals surface area contributed by atoms with Crippen LogP contribution in [0.3, 0.4) is 0 Å². The fourth-order valence-corrected chi connectivity index (χ4v) is 3.78. The number of hydrogen-bond donors (Lipinski definition) is 2.